The van der Waals surface area contributed by atoms with Crippen LogP contribution in [-0.2, 0) is 16.6 Å². The molecule has 1 saturated heterocycles. The number of methoxy groups -OCH3 is 1. The van der Waals surface area contributed by atoms with Gasteiger partial charge >= 0.3 is 0 Å². The van der Waals surface area contributed by atoms with Gasteiger partial charge in [-0.2, -0.15) is 9.98 Å². The third-order valence-corrected chi connectivity index (χ3v) is 7.39. The van der Waals surface area contributed by atoms with Crippen molar-refractivity contribution < 1.29 is 13.2 Å². The lowest BCUT2D eigenvalue weighted by Gasteiger charge is -2.46. The van der Waals surface area contributed by atoms with Crippen LogP contribution < -0.4 is 14.8 Å². The molecule has 2 aromatic carbocycles. The average Bonchev–Trinajstić information content (AvgIpc) is 2.69. The van der Waals surface area contributed by atoms with Crippen LogP contribution in [-0.4, -0.2) is 39.2 Å². The zero-order valence-corrected chi connectivity index (χ0v) is 17.3. The van der Waals surface area contributed by atoms with Gasteiger partial charge in [-0.3, -0.25) is 4.90 Å². The normalized spacial score (nSPS) is 19.8. The fourth-order valence-corrected chi connectivity index (χ4v) is 5.98. The Morgan fingerprint density at radius 1 is 1.24 bits per heavy atom. The number of ether oxygens (including phenoxy) is 1. The summed E-state index contributed by atoms with van der Waals surface area (Å²) in [7, 11) is -2.10. The van der Waals surface area contributed by atoms with Gasteiger partial charge in [-0.05, 0) is 49.1 Å². The van der Waals surface area contributed by atoms with Gasteiger partial charge in [0.15, 0.2) is 0 Å². The van der Waals surface area contributed by atoms with Crippen molar-refractivity contribution in [1.29, 1.82) is 5.26 Å². The fraction of sp³-hybridized carbons (Fsp3) is 0.381. The van der Waals surface area contributed by atoms with Crippen LogP contribution in [0.1, 0.15) is 29.5 Å². The van der Waals surface area contributed by atoms with Crippen LogP contribution in [0.2, 0.25) is 0 Å². The molecule has 2 aliphatic rings. The molecule has 7 nitrogen and oxygen atoms in total. The minimum atomic E-state index is -3.65. The molecule has 0 bridgehead atoms. The van der Waals surface area contributed by atoms with Gasteiger partial charge in [0.1, 0.15) is 16.3 Å². The molecule has 152 valence electrons. The van der Waals surface area contributed by atoms with E-state index in [0.717, 1.165) is 25.2 Å². The van der Waals surface area contributed by atoms with E-state index in [1.807, 2.05) is 18.2 Å². The lowest BCUT2D eigenvalue weighted by atomic mass is 9.96. The number of nitriles is 1. The lowest BCUT2D eigenvalue weighted by Crippen LogP contribution is -2.62. The van der Waals surface area contributed by atoms with Crippen molar-refractivity contribution in [1.82, 2.24) is 9.62 Å². The Kier molecular flexibility index (Phi) is 4.99. The fourth-order valence-electron chi connectivity index (χ4n) is 4.19. The van der Waals surface area contributed by atoms with Gasteiger partial charge in [0.25, 0.3) is 0 Å². The summed E-state index contributed by atoms with van der Waals surface area (Å²) < 4.78 is 34.4. The lowest BCUT2D eigenvalue weighted by molar-refractivity contribution is 0.158. The number of fused-ring (bicyclic) bond motifs is 1. The molecule has 0 saturated carbocycles. The number of hydrogen-bond donors (Lipinski definition) is 2. The SMILES string of the molecule is COc1ccc(C)c2c1NC1(CCN(Cc3cccc(C#N)c3)CC1)NS2(=O)=O. The molecule has 1 spiro atoms. The number of hydrogen-bond acceptors (Lipinski definition) is 6. The van der Waals surface area contributed by atoms with Gasteiger partial charge in [0.05, 0.1) is 24.4 Å². The molecule has 2 aliphatic heterocycles. The highest BCUT2D eigenvalue weighted by Crippen LogP contribution is 2.42. The van der Waals surface area contributed by atoms with E-state index in [1.165, 1.54) is 0 Å². The second-order valence-corrected chi connectivity index (χ2v) is 9.31. The number of piperidine rings is 1. The van der Waals surface area contributed by atoms with E-state index < -0.39 is 15.7 Å². The summed E-state index contributed by atoms with van der Waals surface area (Å²) >= 11 is 0. The van der Waals surface area contributed by atoms with E-state index in [0.29, 0.717) is 35.4 Å². The molecule has 0 aliphatic carbocycles. The molecule has 2 heterocycles. The van der Waals surface area contributed by atoms with Crippen molar-refractivity contribution >= 4 is 15.7 Å². The Morgan fingerprint density at radius 3 is 2.69 bits per heavy atom. The summed E-state index contributed by atoms with van der Waals surface area (Å²) in [5.74, 6) is 0.533. The number of likely N-dealkylation sites (tertiary alicyclic amines) is 1. The Bertz CT molecular complexity index is 1080. The van der Waals surface area contributed by atoms with Crippen LogP contribution >= 0.6 is 0 Å². The van der Waals surface area contributed by atoms with E-state index in [-0.39, 0.29) is 4.90 Å². The third-order valence-electron chi connectivity index (χ3n) is 5.67. The molecule has 0 aromatic heterocycles. The molecule has 2 N–H and O–H groups in total. The highest BCUT2D eigenvalue weighted by Gasteiger charge is 2.44. The highest BCUT2D eigenvalue weighted by atomic mass is 32.2. The zero-order valence-electron chi connectivity index (χ0n) is 16.5. The highest BCUT2D eigenvalue weighted by molar-refractivity contribution is 7.89. The van der Waals surface area contributed by atoms with Gasteiger partial charge in [0, 0.05) is 19.6 Å². The van der Waals surface area contributed by atoms with E-state index in [4.69, 9.17) is 10.00 Å². The van der Waals surface area contributed by atoms with Gasteiger partial charge in [-0.1, -0.05) is 18.2 Å². The number of sulfonamides is 1. The van der Waals surface area contributed by atoms with E-state index in [1.54, 1.807) is 32.2 Å². The summed E-state index contributed by atoms with van der Waals surface area (Å²) in [6.07, 6.45) is 1.25. The van der Waals surface area contributed by atoms with E-state index in [9.17, 15) is 8.42 Å². The topological polar surface area (TPSA) is 94.5 Å². The number of nitrogens with one attached hydrogen (secondary N) is 2. The Morgan fingerprint density at radius 2 is 2.00 bits per heavy atom. The minimum absolute atomic E-state index is 0.262. The largest absolute Gasteiger partial charge is 0.495 e. The summed E-state index contributed by atoms with van der Waals surface area (Å²) in [6.45, 7) is 3.98. The second kappa shape index (κ2) is 7.34. The van der Waals surface area contributed by atoms with Crippen LogP contribution in [0.4, 0.5) is 5.69 Å². The number of anilines is 1. The van der Waals surface area contributed by atoms with Crippen LogP contribution in [0, 0.1) is 18.3 Å². The molecule has 0 atom stereocenters. The molecule has 2 aromatic rings. The number of benzene rings is 2. The average molecular weight is 413 g/mol. The Hall–Kier alpha value is -2.60. The molecule has 0 unspecified atom stereocenters. The first-order valence-corrected chi connectivity index (χ1v) is 11.1. The quantitative estimate of drug-likeness (QED) is 0.805. The maximum Gasteiger partial charge on any atom is 0.244 e. The smallest absolute Gasteiger partial charge is 0.244 e. The van der Waals surface area contributed by atoms with Crippen LogP contribution in [0.5, 0.6) is 5.75 Å². The van der Waals surface area contributed by atoms with Crippen molar-refractivity contribution in [2.75, 3.05) is 25.5 Å². The van der Waals surface area contributed by atoms with Crippen molar-refractivity contribution in [3.05, 3.63) is 53.1 Å². The summed E-state index contributed by atoms with van der Waals surface area (Å²) in [5, 5.41) is 12.5. The van der Waals surface area contributed by atoms with Crippen LogP contribution in [0.3, 0.4) is 0 Å². The van der Waals surface area contributed by atoms with Crippen molar-refractivity contribution in [2.24, 2.45) is 0 Å². The number of rotatable bonds is 3. The summed E-state index contributed by atoms with van der Waals surface area (Å²) in [6, 6.07) is 13.3. The molecule has 0 amide bonds. The standard InChI is InChI=1S/C21H24N4O3S/c1-15-6-7-18(28-2)19-20(15)29(26,27)24-21(23-19)8-10-25(11-9-21)14-17-5-3-4-16(12-17)13-22/h3-7,12,23-24H,8-11,14H2,1-2H3. The number of nitrogens with zero attached hydrogens (tertiary/aromatic N) is 2. The van der Waals surface area contributed by atoms with Crippen LogP contribution in [0.15, 0.2) is 41.3 Å². The van der Waals surface area contributed by atoms with E-state index >= 15 is 0 Å². The first-order valence-electron chi connectivity index (χ1n) is 9.57. The molecule has 1 fully saturated rings. The molecular formula is C21H24N4O3S. The Balaban J connectivity index is 1.54. The maximum absolute atomic E-state index is 13.0. The van der Waals surface area contributed by atoms with Gasteiger partial charge in [0.2, 0.25) is 10.0 Å². The van der Waals surface area contributed by atoms with Gasteiger partial charge in [-0.25, -0.2) is 8.42 Å². The first-order chi connectivity index (χ1) is 13.9. The van der Waals surface area contributed by atoms with Gasteiger partial charge in [-0.15, -0.1) is 0 Å². The van der Waals surface area contributed by atoms with Crippen LogP contribution in [0.25, 0.3) is 0 Å². The Labute approximate surface area is 171 Å². The van der Waals surface area contributed by atoms with Crippen molar-refractivity contribution in [2.45, 2.75) is 36.9 Å². The number of aryl methyl sites for hydroxylation is 1. The summed E-state index contributed by atoms with van der Waals surface area (Å²) in [4.78, 5) is 2.54. The maximum atomic E-state index is 13.0. The minimum Gasteiger partial charge on any atom is -0.495 e. The van der Waals surface area contributed by atoms with Crippen molar-refractivity contribution in [3.8, 4) is 11.8 Å². The molecule has 8 heteroatoms. The third kappa shape index (κ3) is 3.69. The predicted octanol–water partition coefficient (Wildman–Crippen LogP) is 2.57. The molecule has 4 rings (SSSR count). The monoisotopic (exact) mass is 412 g/mol. The molecular weight excluding hydrogens is 388 g/mol. The van der Waals surface area contributed by atoms with Gasteiger partial charge < -0.3 is 10.1 Å². The molecule has 0 radical (unpaired) electrons. The van der Waals surface area contributed by atoms with Crippen molar-refractivity contribution in [3.63, 3.8) is 0 Å². The predicted molar refractivity (Wildman–Crippen MR) is 110 cm³/mol. The first kappa shape index (κ1) is 19.7. The zero-order chi connectivity index (χ0) is 20.6. The van der Waals surface area contributed by atoms with E-state index in [2.05, 4.69) is 21.0 Å². The summed E-state index contributed by atoms with van der Waals surface area (Å²) in [5.41, 5.74) is 2.24. The second-order valence-electron chi connectivity index (χ2n) is 7.69. The molecule has 29 heavy (non-hydrogen) atoms.